The monoisotopic (exact) mass is 446 g/mol. The maximum absolute atomic E-state index is 12.7. The molecule has 2 N–H and O–H groups in total. The van der Waals surface area contributed by atoms with Gasteiger partial charge in [0.2, 0.25) is 5.91 Å². The number of nitrogens with one attached hydrogen (secondary N) is 2. The maximum Gasteiger partial charge on any atom is 0.252 e. The number of carbonyl (C=O) groups is 2. The van der Waals surface area contributed by atoms with Gasteiger partial charge in [-0.15, -0.1) is 0 Å². The third kappa shape index (κ3) is 4.13. The van der Waals surface area contributed by atoms with Crippen LogP contribution in [0, 0.1) is 0 Å². The summed E-state index contributed by atoms with van der Waals surface area (Å²) in [6, 6.07) is 14.9. The van der Waals surface area contributed by atoms with E-state index in [0.29, 0.717) is 35.4 Å². The van der Waals surface area contributed by atoms with E-state index in [1.54, 1.807) is 18.2 Å². The molecule has 0 bridgehead atoms. The molecule has 0 aromatic heterocycles. The van der Waals surface area contributed by atoms with E-state index >= 15 is 0 Å². The van der Waals surface area contributed by atoms with Crippen LogP contribution >= 0.6 is 23.2 Å². The quantitative estimate of drug-likeness (QED) is 0.740. The van der Waals surface area contributed by atoms with Crippen LogP contribution in [-0.2, 0) is 4.79 Å². The Bertz CT molecular complexity index is 930. The first-order valence-corrected chi connectivity index (χ1v) is 10.8. The molecule has 0 unspecified atom stereocenters. The van der Waals surface area contributed by atoms with Gasteiger partial charge < -0.3 is 20.4 Å². The number of rotatable bonds is 5. The fourth-order valence-corrected chi connectivity index (χ4v) is 4.65. The summed E-state index contributed by atoms with van der Waals surface area (Å²) in [7, 11) is 0. The second-order valence-corrected chi connectivity index (χ2v) is 8.52. The maximum atomic E-state index is 12.7. The molecule has 1 spiro atoms. The first-order chi connectivity index (χ1) is 14.5. The highest BCUT2D eigenvalue weighted by atomic mass is 35.5. The second-order valence-electron chi connectivity index (χ2n) is 7.68. The van der Waals surface area contributed by atoms with E-state index in [2.05, 4.69) is 20.4 Å². The van der Waals surface area contributed by atoms with E-state index < -0.39 is 5.54 Å². The number of halogens is 2. The molecule has 2 aliphatic heterocycles. The molecule has 2 heterocycles. The van der Waals surface area contributed by atoms with Crippen LogP contribution in [0.3, 0.4) is 0 Å². The number of nitrogens with zero attached hydrogens (tertiary/aromatic N) is 2. The molecule has 2 aromatic carbocycles. The first-order valence-electron chi connectivity index (χ1n) is 10.1. The Kier molecular flexibility index (Phi) is 6.18. The Morgan fingerprint density at radius 3 is 2.57 bits per heavy atom. The summed E-state index contributed by atoms with van der Waals surface area (Å²) in [5.74, 6) is -0.128. The van der Waals surface area contributed by atoms with Gasteiger partial charge in [0.15, 0.2) is 0 Å². The summed E-state index contributed by atoms with van der Waals surface area (Å²) >= 11 is 12.1. The highest BCUT2D eigenvalue weighted by Gasteiger charge is 2.50. The number of para-hydroxylation sites is 1. The van der Waals surface area contributed by atoms with Crippen molar-refractivity contribution in [1.82, 2.24) is 15.5 Å². The van der Waals surface area contributed by atoms with Gasteiger partial charge in [-0.25, -0.2) is 0 Å². The van der Waals surface area contributed by atoms with Crippen LogP contribution in [0.25, 0.3) is 0 Å². The highest BCUT2D eigenvalue weighted by molar-refractivity contribution is 6.35. The van der Waals surface area contributed by atoms with Gasteiger partial charge in [0, 0.05) is 36.9 Å². The van der Waals surface area contributed by atoms with Crippen molar-refractivity contribution in [2.45, 2.75) is 18.4 Å². The number of benzene rings is 2. The van der Waals surface area contributed by atoms with E-state index in [1.165, 1.54) is 0 Å². The summed E-state index contributed by atoms with van der Waals surface area (Å²) in [6.07, 6.45) is 1.50. The predicted octanol–water partition coefficient (Wildman–Crippen LogP) is 3.15. The van der Waals surface area contributed by atoms with E-state index in [-0.39, 0.29) is 11.8 Å². The van der Waals surface area contributed by atoms with Crippen LogP contribution in [0.4, 0.5) is 5.69 Å². The summed E-state index contributed by atoms with van der Waals surface area (Å²) < 4.78 is 0. The number of carbonyl (C=O) groups excluding carboxylic acids is 2. The average molecular weight is 447 g/mol. The zero-order valence-electron chi connectivity index (χ0n) is 16.5. The molecule has 2 fully saturated rings. The minimum absolute atomic E-state index is 0.106. The summed E-state index contributed by atoms with van der Waals surface area (Å²) in [6.45, 7) is 3.35. The molecular formula is C22H24Cl2N4O2. The van der Waals surface area contributed by atoms with Crippen molar-refractivity contribution in [3.8, 4) is 0 Å². The fraction of sp³-hybridized carbons (Fsp3) is 0.364. The molecule has 158 valence electrons. The van der Waals surface area contributed by atoms with Crippen molar-refractivity contribution < 1.29 is 9.59 Å². The Labute approximate surface area is 186 Å². The number of hydrogen-bond acceptors (Lipinski definition) is 4. The van der Waals surface area contributed by atoms with Crippen LogP contribution in [0.5, 0.6) is 0 Å². The molecule has 0 aliphatic carbocycles. The molecule has 2 saturated heterocycles. The minimum atomic E-state index is -0.491. The molecule has 2 aromatic rings. The summed E-state index contributed by atoms with van der Waals surface area (Å²) in [4.78, 5) is 29.6. The van der Waals surface area contributed by atoms with E-state index in [1.807, 2.05) is 30.3 Å². The third-order valence-electron chi connectivity index (χ3n) is 5.97. The number of piperidine rings is 1. The largest absolute Gasteiger partial charge is 0.351 e. The number of likely N-dealkylation sites (tertiary alicyclic amines) is 1. The lowest BCUT2D eigenvalue weighted by molar-refractivity contribution is -0.125. The zero-order valence-corrected chi connectivity index (χ0v) is 18.0. The normalized spacial score (nSPS) is 18.5. The van der Waals surface area contributed by atoms with Crippen LogP contribution in [-0.4, -0.2) is 55.1 Å². The SMILES string of the molecule is O=C(NCCN1CCC2(CC1)C(=O)NCN2c1ccccc1)c1cc(Cl)ccc1Cl. The van der Waals surface area contributed by atoms with E-state index in [4.69, 9.17) is 23.2 Å². The van der Waals surface area contributed by atoms with Crippen LogP contribution in [0.2, 0.25) is 10.0 Å². The van der Waals surface area contributed by atoms with Gasteiger partial charge in [0.1, 0.15) is 5.54 Å². The molecule has 4 rings (SSSR count). The van der Waals surface area contributed by atoms with Gasteiger partial charge in [-0.05, 0) is 43.2 Å². The lowest BCUT2D eigenvalue weighted by Gasteiger charge is -2.43. The molecule has 0 radical (unpaired) electrons. The Hall–Kier alpha value is -2.28. The topological polar surface area (TPSA) is 64.7 Å². The lowest BCUT2D eigenvalue weighted by atomic mass is 9.85. The van der Waals surface area contributed by atoms with Crippen LogP contribution < -0.4 is 15.5 Å². The van der Waals surface area contributed by atoms with Crippen molar-refractivity contribution in [3.63, 3.8) is 0 Å². The molecule has 30 heavy (non-hydrogen) atoms. The van der Waals surface area contributed by atoms with E-state index in [9.17, 15) is 9.59 Å². The van der Waals surface area contributed by atoms with Gasteiger partial charge in [-0.1, -0.05) is 41.4 Å². The smallest absolute Gasteiger partial charge is 0.252 e. The Morgan fingerprint density at radius 2 is 1.83 bits per heavy atom. The predicted molar refractivity (Wildman–Crippen MR) is 119 cm³/mol. The molecule has 0 atom stereocenters. The summed E-state index contributed by atoms with van der Waals surface area (Å²) in [5, 5.41) is 6.78. The summed E-state index contributed by atoms with van der Waals surface area (Å²) in [5.41, 5.74) is 0.952. The molecule has 2 amide bonds. The highest BCUT2D eigenvalue weighted by Crippen LogP contribution is 2.36. The average Bonchev–Trinajstić information content (AvgIpc) is 3.07. The van der Waals surface area contributed by atoms with Gasteiger partial charge in [-0.2, -0.15) is 0 Å². The Balaban J connectivity index is 1.32. The van der Waals surface area contributed by atoms with Crippen molar-refractivity contribution >= 4 is 40.7 Å². The van der Waals surface area contributed by atoms with Crippen molar-refractivity contribution in [3.05, 3.63) is 64.1 Å². The Morgan fingerprint density at radius 1 is 1.10 bits per heavy atom. The van der Waals surface area contributed by atoms with E-state index in [0.717, 1.165) is 31.6 Å². The fourth-order valence-electron chi connectivity index (χ4n) is 4.27. The first kappa shape index (κ1) is 21.0. The number of anilines is 1. The van der Waals surface area contributed by atoms with Crippen molar-refractivity contribution in [2.24, 2.45) is 0 Å². The van der Waals surface area contributed by atoms with Crippen LogP contribution in [0.15, 0.2) is 48.5 Å². The molecule has 0 saturated carbocycles. The number of hydrogen-bond donors (Lipinski definition) is 2. The molecule has 2 aliphatic rings. The minimum Gasteiger partial charge on any atom is -0.351 e. The van der Waals surface area contributed by atoms with Crippen LogP contribution in [0.1, 0.15) is 23.2 Å². The standard InChI is InChI=1S/C22H24Cl2N4O2/c23-16-6-7-19(24)18(14-16)20(29)25-10-13-27-11-8-22(9-12-27)21(30)26-15-28(22)17-4-2-1-3-5-17/h1-7,14H,8-13,15H2,(H,25,29)(H,26,30). The second kappa shape index (κ2) is 8.84. The molecular weight excluding hydrogens is 423 g/mol. The zero-order chi connectivity index (χ0) is 21.1. The lowest BCUT2D eigenvalue weighted by Crippen LogP contribution is -2.57. The number of amides is 2. The van der Waals surface area contributed by atoms with Crippen molar-refractivity contribution in [1.29, 1.82) is 0 Å². The van der Waals surface area contributed by atoms with Gasteiger partial charge in [0.05, 0.1) is 17.3 Å². The molecule has 8 heteroatoms. The van der Waals surface area contributed by atoms with Gasteiger partial charge in [-0.3, -0.25) is 9.59 Å². The third-order valence-corrected chi connectivity index (χ3v) is 6.54. The van der Waals surface area contributed by atoms with Gasteiger partial charge in [0.25, 0.3) is 5.91 Å². The molecule has 6 nitrogen and oxygen atoms in total. The van der Waals surface area contributed by atoms with Crippen molar-refractivity contribution in [2.75, 3.05) is 37.7 Å². The van der Waals surface area contributed by atoms with Gasteiger partial charge >= 0.3 is 0 Å².